The number of alkyl halides is 3. The Morgan fingerprint density at radius 3 is 2.53 bits per heavy atom. The number of carbonyl (C=O) groups excluding carboxylic acids is 1. The molecule has 92 valence electrons. The van der Waals surface area contributed by atoms with Gasteiger partial charge in [-0.25, -0.2) is 0 Å². The summed E-state index contributed by atoms with van der Waals surface area (Å²) in [6.45, 7) is 0.283. The van der Waals surface area contributed by atoms with Crippen molar-refractivity contribution >= 4 is 23.2 Å². The summed E-state index contributed by atoms with van der Waals surface area (Å²) in [7, 11) is 0. The Balaban J connectivity index is 2.55. The molecule has 0 radical (unpaired) electrons. The molecular weight excluding hydrogens is 255 g/mol. The van der Waals surface area contributed by atoms with Gasteiger partial charge in [0.2, 0.25) is 5.91 Å². The first-order valence-electron chi connectivity index (χ1n) is 5.07. The second kappa shape index (κ2) is 4.22. The highest BCUT2D eigenvalue weighted by Gasteiger charge is 2.38. The lowest BCUT2D eigenvalue weighted by Gasteiger charge is -2.22. The Kier molecular flexibility index (Phi) is 3.03. The van der Waals surface area contributed by atoms with Gasteiger partial charge in [0.25, 0.3) is 0 Å². The molecule has 1 amide bonds. The number of hydrogen-bond donors (Lipinski definition) is 0. The number of anilines is 1. The molecule has 1 aromatic rings. The first kappa shape index (κ1) is 12.2. The third-order valence-electron chi connectivity index (χ3n) is 2.64. The van der Waals surface area contributed by atoms with Crippen molar-refractivity contribution in [1.29, 1.82) is 0 Å². The van der Waals surface area contributed by atoms with Crippen molar-refractivity contribution in [1.82, 2.24) is 0 Å². The number of amides is 1. The van der Waals surface area contributed by atoms with Gasteiger partial charge in [-0.2, -0.15) is 13.2 Å². The van der Waals surface area contributed by atoms with Crippen LogP contribution in [0.3, 0.4) is 0 Å². The van der Waals surface area contributed by atoms with Gasteiger partial charge >= 0.3 is 6.18 Å². The highest BCUT2D eigenvalue weighted by Crippen LogP contribution is 2.41. The van der Waals surface area contributed by atoms with E-state index in [1.165, 1.54) is 12.1 Å². The SMILES string of the molecule is O=C1CCCN1c1c(Cl)cccc1C(F)(F)F. The third kappa shape index (κ3) is 2.24. The fourth-order valence-electron chi connectivity index (χ4n) is 1.90. The third-order valence-corrected chi connectivity index (χ3v) is 2.94. The van der Waals surface area contributed by atoms with E-state index in [0.29, 0.717) is 6.42 Å². The van der Waals surface area contributed by atoms with Crippen LogP contribution in [0, 0.1) is 0 Å². The van der Waals surface area contributed by atoms with Crippen molar-refractivity contribution in [2.45, 2.75) is 19.0 Å². The Morgan fingerprint density at radius 2 is 2.00 bits per heavy atom. The fourth-order valence-corrected chi connectivity index (χ4v) is 2.18. The second-order valence-corrected chi connectivity index (χ2v) is 4.19. The van der Waals surface area contributed by atoms with E-state index in [0.717, 1.165) is 11.0 Å². The van der Waals surface area contributed by atoms with Gasteiger partial charge < -0.3 is 4.90 Å². The summed E-state index contributed by atoms with van der Waals surface area (Å²) in [5.41, 5.74) is -1.08. The van der Waals surface area contributed by atoms with Crippen molar-refractivity contribution in [2.75, 3.05) is 11.4 Å². The molecule has 0 saturated carbocycles. The summed E-state index contributed by atoms with van der Waals surface area (Å²) in [5, 5.41) is -0.0462. The van der Waals surface area contributed by atoms with Crippen molar-refractivity contribution < 1.29 is 18.0 Å². The average molecular weight is 264 g/mol. The number of rotatable bonds is 1. The van der Waals surface area contributed by atoms with E-state index >= 15 is 0 Å². The first-order chi connectivity index (χ1) is 7.91. The van der Waals surface area contributed by atoms with Crippen molar-refractivity contribution in [3.63, 3.8) is 0 Å². The molecule has 17 heavy (non-hydrogen) atoms. The van der Waals surface area contributed by atoms with Gasteiger partial charge in [0.15, 0.2) is 0 Å². The van der Waals surface area contributed by atoms with Gasteiger partial charge in [0, 0.05) is 13.0 Å². The zero-order chi connectivity index (χ0) is 12.6. The van der Waals surface area contributed by atoms with E-state index in [2.05, 4.69) is 0 Å². The van der Waals surface area contributed by atoms with E-state index in [1.54, 1.807) is 0 Å². The van der Waals surface area contributed by atoms with Crippen molar-refractivity contribution in [2.24, 2.45) is 0 Å². The number of carbonyl (C=O) groups is 1. The van der Waals surface area contributed by atoms with Crippen LogP contribution in [0.4, 0.5) is 18.9 Å². The van der Waals surface area contributed by atoms with E-state index in [-0.39, 0.29) is 29.6 Å². The molecule has 1 aliphatic heterocycles. The fraction of sp³-hybridized carbons (Fsp3) is 0.364. The predicted molar refractivity (Wildman–Crippen MR) is 58.0 cm³/mol. The summed E-state index contributed by atoms with van der Waals surface area (Å²) < 4.78 is 38.4. The highest BCUT2D eigenvalue weighted by atomic mass is 35.5. The molecular formula is C11H9ClF3NO. The van der Waals surface area contributed by atoms with Crippen LogP contribution in [0.15, 0.2) is 18.2 Å². The number of nitrogens with zero attached hydrogens (tertiary/aromatic N) is 1. The predicted octanol–water partition coefficient (Wildman–Crippen LogP) is 3.49. The lowest BCUT2D eigenvalue weighted by molar-refractivity contribution is -0.137. The van der Waals surface area contributed by atoms with Gasteiger partial charge in [-0.3, -0.25) is 4.79 Å². The summed E-state index contributed by atoms with van der Waals surface area (Å²) in [4.78, 5) is 12.6. The van der Waals surface area contributed by atoms with Gasteiger partial charge in [-0.15, -0.1) is 0 Å². The minimum Gasteiger partial charge on any atom is -0.310 e. The summed E-state index contributed by atoms with van der Waals surface area (Å²) >= 11 is 5.79. The minimum absolute atomic E-state index is 0.0462. The summed E-state index contributed by atoms with van der Waals surface area (Å²) in [5.74, 6) is -0.316. The Hall–Kier alpha value is -1.23. The molecule has 6 heteroatoms. The number of halogens is 4. The molecule has 0 N–H and O–H groups in total. The molecule has 2 rings (SSSR count). The quantitative estimate of drug-likeness (QED) is 0.760. The monoisotopic (exact) mass is 263 g/mol. The van der Waals surface area contributed by atoms with E-state index in [9.17, 15) is 18.0 Å². The topological polar surface area (TPSA) is 20.3 Å². The van der Waals surface area contributed by atoms with Crippen LogP contribution in [0.25, 0.3) is 0 Å². The maximum Gasteiger partial charge on any atom is 0.418 e. The van der Waals surface area contributed by atoms with Gasteiger partial charge in [0.1, 0.15) is 0 Å². The van der Waals surface area contributed by atoms with Crippen molar-refractivity contribution in [3.8, 4) is 0 Å². The molecule has 0 aromatic heterocycles. The van der Waals surface area contributed by atoms with Gasteiger partial charge in [-0.1, -0.05) is 17.7 Å². The molecule has 1 heterocycles. The molecule has 0 bridgehead atoms. The minimum atomic E-state index is -4.51. The second-order valence-electron chi connectivity index (χ2n) is 3.78. The first-order valence-corrected chi connectivity index (χ1v) is 5.45. The number of benzene rings is 1. The van der Waals surface area contributed by atoms with E-state index in [4.69, 9.17) is 11.6 Å². The largest absolute Gasteiger partial charge is 0.418 e. The maximum absolute atomic E-state index is 12.8. The zero-order valence-electron chi connectivity index (χ0n) is 8.72. The Labute approximate surface area is 101 Å². The van der Waals surface area contributed by atoms with E-state index < -0.39 is 11.7 Å². The van der Waals surface area contributed by atoms with Gasteiger partial charge in [-0.05, 0) is 18.6 Å². The zero-order valence-corrected chi connectivity index (χ0v) is 9.48. The number of hydrogen-bond acceptors (Lipinski definition) is 1. The molecule has 0 unspecified atom stereocenters. The molecule has 1 fully saturated rings. The molecule has 2 nitrogen and oxygen atoms in total. The standard InChI is InChI=1S/C11H9ClF3NO/c12-8-4-1-3-7(11(13,14)15)10(8)16-6-2-5-9(16)17/h1,3-4H,2,5-6H2. The Bertz CT molecular complexity index is 459. The maximum atomic E-state index is 12.8. The van der Waals surface area contributed by atoms with Crippen molar-refractivity contribution in [3.05, 3.63) is 28.8 Å². The molecule has 1 aromatic carbocycles. The molecule has 1 aliphatic rings. The molecule has 0 aliphatic carbocycles. The summed E-state index contributed by atoms with van der Waals surface area (Å²) in [6, 6.07) is 3.53. The lowest BCUT2D eigenvalue weighted by atomic mass is 10.1. The molecule has 0 spiro atoms. The van der Waals surface area contributed by atoms with Crippen LogP contribution < -0.4 is 4.90 Å². The van der Waals surface area contributed by atoms with Crippen LogP contribution in [0.5, 0.6) is 0 Å². The Morgan fingerprint density at radius 1 is 1.29 bits per heavy atom. The molecule has 0 atom stereocenters. The summed E-state index contributed by atoms with van der Waals surface area (Å²) in [6.07, 6.45) is -3.69. The van der Waals surface area contributed by atoms with Crippen LogP contribution in [0.2, 0.25) is 5.02 Å². The van der Waals surface area contributed by atoms with E-state index in [1.807, 2.05) is 0 Å². The lowest BCUT2D eigenvalue weighted by Crippen LogP contribution is -2.27. The normalized spacial score (nSPS) is 16.7. The number of para-hydroxylation sites is 1. The van der Waals surface area contributed by atoms with Gasteiger partial charge in [0.05, 0.1) is 16.3 Å². The smallest absolute Gasteiger partial charge is 0.310 e. The highest BCUT2D eigenvalue weighted by molar-refractivity contribution is 6.34. The van der Waals surface area contributed by atoms with Crippen LogP contribution >= 0.6 is 11.6 Å². The average Bonchev–Trinajstić information content (AvgIpc) is 2.62. The van der Waals surface area contributed by atoms with Crippen LogP contribution in [0.1, 0.15) is 18.4 Å². The van der Waals surface area contributed by atoms with Crippen LogP contribution in [-0.4, -0.2) is 12.5 Å². The molecule has 1 saturated heterocycles. The van der Waals surface area contributed by atoms with Crippen LogP contribution in [-0.2, 0) is 11.0 Å².